The predicted octanol–water partition coefficient (Wildman–Crippen LogP) is 7.77. The van der Waals surface area contributed by atoms with E-state index in [2.05, 4.69) is 15.3 Å². The number of aliphatic carboxylic acids is 1. The lowest BCUT2D eigenvalue weighted by atomic mass is 10.0. The van der Waals surface area contributed by atoms with Crippen LogP contribution in [0.1, 0.15) is 74.9 Å². The van der Waals surface area contributed by atoms with Crippen molar-refractivity contribution < 1.29 is 52.1 Å². The van der Waals surface area contributed by atoms with Gasteiger partial charge in [0.25, 0.3) is 5.91 Å². The Labute approximate surface area is 387 Å². The monoisotopic (exact) mass is 938 g/mol. The van der Waals surface area contributed by atoms with Crippen LogP contribution in [0.2, 0.25) is 0 Å². The first kappa shape index (κ1) is 48.1. The number of fused-ring (bicyclic) bond motifs is 1. The number of carboxylic acid groups (broad SMARTS) is 2. The average Bonchev–Trinajstić information content (AvgIpc) is 4.18. The van der Waals surface area contributed by atoms with Gasteiger partial charge in [0.15, 0.2) is 0 Å². The van der Waals surface area contributed by atoms with Crippen molar-refractivity contribution in [3.05, 3.63) is 109 Å². The van der Waals surface area contributed by atoms with Gasteiger partial charge in [-0.25, -0.2) is 29.3 Å². The molecule has 0 bridgehead atoms. The van der Waals surface area contributed by atoms with Crippen LogP contribution in [0.15, 0.2) is 91.4 Å². The number of benzene rings is 3. The van der Waals surface area contributed by atoms with Gasteiger partial charge in [-0.05, 0) is 49.3 Å². The minimum Gasteiger partial charge on any atom is -0.475 e. The van der Waals surface area contributed by atoms with Crippen LogP contribution in [0, 0.1) is 5.92 Å². The van der Waals surface area contributed by atoms with Crippen molar-refractivity contribution >= 4 is 41.0 Å². The van der Waals surface area contributed by atoms with Gasteiger partial charge in [0, 0.05) is 43.0 Å². The number of imidazole rings is 2. The molecule has 21 heteroatoms. The number of amides is 4. The van der Waals surface area contributed by atoms with Crippen LogP contribution in [0.3, 0.4) is 0 Å². The molecule has 0 spiro atoms. The van der Waals surface area contributed by atoms with Crippen molar-refractivity contribution in [1.82, 2.24) is 49.9 Å². The van der Waals surface area contributed by atoms with E-state index in [0.717, 1.165) is 64.2 Å². The Morgan fingerprint density at radius 1 is 0.794 bits per heavy atom. The molecule has 18 nitrogen and oxygen atoms in total. The van der Waals surface area contributed by atoms with E-state index in [1.165, 1.54) is 14.2 Å². The number of alkyl carbamates (subject to hydrolysis) is 1. The summed E-state index contributed by atoms with van der Waals surface area (Å²) in [4.78, 5) is 91.0. The number of nitrogens with one attached hydrogen (secondary N) is 3. The highest BCUT2D eigenvalue weighted by atomic mass is 19.4. The lowest BCUT2D eigenvalue weighted by Gasteiger charge is -2.33. The molecule has 4 atom stereocenters. The number of ether oxygens (including phenoxy) is 1. The third-order valence-corrected chi connectivity index (χ3v) is 11.9. The Kier molecular flexibility index (Phi) is 14.4. The molecule has 68 heavy (non-hydrogen) atoms. The number of carbonyl (C=O) groups is 5. The van der Waals surface area contributed by atoms with Crippen LogP contribution in [-0.2, 0) is 19.1 Å². The zero-order valence-corrected chi connectivity index (χ0v) is 37.4. The van der Waals surface area contributed by atoms with Crippen LogP contribution >= 0.6 is 0 Å². The molecule has 5 heterocycles. The average molecular weight is 939 g/mol. The SMILES string of the molecule is COC(=O)N[C@H](C(=O)N1CCC[C@H]1c1ncc(-c2ccc3nc(-c4ccc(-c5c[nH]c([C@@H]6CCCN6C(=O)[C@H](C(C)C)N(C)C(=O)O)n5)cc4)cnc3c2)[nH]1)c1ccccc1.O=C(O)C(F)(F)F. The molecule has 6 aromatic rings. The minimum atomic E-state index is -5.08. The number of carbonyl (C=O) groups excluding carboxylic acids is 3. The van der Waals surface area contributed by atoms with E-state index in [4.69, 9.17) is 34.6 Å². The van der Waals surface area contributed by atoms with Gasteiger partial charge in [-0.15, -0.1) is 0 Å². The fourth-order valence-electron chi connectivity index (χ4n) is 8.53. The molecular weight excluding hydrogens is 890 g/mol. The van der Waals surface area contributed by atoms with Crippen LogP contribution in [0.4, 0.5) is 22.8 Å². The first-order chi connectivity index (χ1) is 32.4. The van der Waals surface area contributed by atoms with E-state index in [1.807, 2.05) is 92.8 Å². The maximum atomic E-state index is 13.9. The number of H-pyrrole nitrogens is 2. The number of alkyl halides is 3. The molecule has 2 aliphatic heterocycles. The Morgan fingerprint density at radius 2 is 1.40 bits per heavy atom. The summed E-state index contributed by atoms with van der Waals surface area (Å²) in [6.07, 6.45) is 1.51. The second kappa shape index (κ2) is 20.4. The zero-order valence-electron chi connectivity index (χ0n) is 37.4. The second-order valence-corrected chi connectivity index (χ2v) is 16.6. The number of likely N-dealkylation sites (tertiary alicyclic amines) is 2. The number of halogens is 3. The quantitative estimate of drug-likeness (QED) is 0.0837. The summed E-state index contributed by atoms with van der Waals surface area (Å²) in [6, 6.07) is 20.6. The molecular formula is C47H49F3N10O8. The molecule has 3 aromatic carbocycles. The van der Waals surface area contributed by atoms with Gasteiger partial charge in [0.05, 0.1) is 59.7 Å². The van der Waals surface area contributed by atoms with Crippen LogP contribution in [-0.4, -0.2) is 124 Å². The number of carboxylic acids is 1. The van der Waals surface area contributed by atoms with Crippen molar-refractivity contribution in [2.24, 2.45) is 5.92 Å². The highest BCUT2D eigenvalue weighted by molar-refractivity contribution is 5.88. The van der Waals surface area contributed by atoms with Crippen LogP contribution in [0.25, 0.3) is 44.8 Å². The van der Waals surface area contributed by atoms with E-state index in [1.54, 1.807) is 22.2 Å². The summed E-state index contributed by atoms with van der Waals surface area (Å²) < 4.78 is 36.6. The summed E-state index contributed by atoms with van der Waals surface area (Å²) in [7, 11) is 2.71. The maximum absolute atomic E-state index is 13.9. The van der Waals surface area contributed by atoms with E-state index in [9.17, 15) is 37.5 Å². The molecule has 0 saturated carbocycles. The molecule has 0 radical (unpaired) electrons. The molecule has 0 aliphatic carbocycles. The smallest absolute Gasteiger partial charge is 0.475 e. The largest absolute Gasteiger partial charge is 0.490 e. The highest BCUT2D eigenvalue weighted by Gasteiger charge is 2.41. The highest BCUT2D eigenvalue weighted by Crippen LogP contribution is 2.36. The van der Waals surface area contributed by atoms with Gasteiger partial charge in [-0.1, -0.05) is 74.5 Å². The Bertz CT molecular complexity index is 2780. The van der Waals surface area contributed by atoms with Gasteiger partial charge >= 0.3 is 24.3 Å². The number of aromatic nitrogens is 6. The first-order valence-corrected chi connectivity index (χ1v) is 21.7. The fraction of sp³-hybridized carbons (Fsp3) is 0.340. The number of hydrogen-bond donors (Lipinski definition) is 5. The Hall–Kier alpha value is -7.84. The normalized spacial score (nSPS) is 16.8. The van der Waals surface area contributed by atoms with E-state index in [0.29, 0.717) is 41.5 Å². The minimum absolute atomic E-state index is 0.184. The number of likely N-dealkylation sites (N-methyl/N-ethyl adjacent to an activating group) is 1. The summed E-state index contributed by atoms with van der Waals surface area (Å²) in [5.74, 6) is -2.04. The Balaban J connectivity index is 0.000000908. The van der Waals surface area contributed by atoms with Gasteiger partial charge in [-0.3, -0.25) is 19.5 Å². The number of hydrogen-bond acceptors (Lipinski definition) is 10. The lowest BCUT2D eigenvalue weighted by molar-refractivity contribution is -0.192. The van der Waals surface area contributed by atoms with E-state index < -0.39 is 36.4 Å². The Morgan fingerprint density at radius 3 is 2.00 bits per heavy atom. The number of nitrogens with zero attached hydrogens (tertiary/aromatic N) is 7. The molecule has 0 unspecified atom stereocenters. The summed E-state index contributed by atoms with van der Waals surface area (Å²) in [5.41, 5.74) is 6.99. The summed E-state index contributed by atoms with van der Waals surface area (Å²) >= 11 is 0. The third kappa shape index (κ3) is 10.6. The van der Waals surface area contributed by atoms with Crippen molar-refractivity contribution in [1.29, 1.82) is 0 Å². The molecule has 2 fully saturated rings. The van der Waals surface area contributed by atoms with Gasteiger partial charge in [-0.2, -0.15) is 13.2 Å². The van der Waals surface area contributed by atoms with Crippen LogP contribution in [0.5, 0.6) is 0 Å². The van der Waals surface area contributed by atoms with Crippen LogP contribution < -0.4 is 5.32 Å². The molecule has 3 aromatic heterocycles. The topological polar surface area (TPSA) is 240 Å². The third-order valence-electron chi connectivity index (χ3n) is 11.9. The predicted molar refractivity (Wildman–Crippen MR) is 240 cm³/mol. The number of methoxy groups -OCH3 is 1. The van der Waals surface area contributed by atoms with Crippen molar-refractivity contribution in [2.45, 2.75) is 69.9 Å². The molecule has 2 saturated heterocycles. The van der Waals surface area contributed by atoms with E-state index in [-0.39, 0.29) is 29.8 Å². The van der Waals surface area contributed by atoms with Gasteiger partial charge in [0.2, 0.25) is 5.91 Å². The zero-order chi connectivity index (χ0) is 48.9. The summed E-state index contributed by atoms with van der Waals surface area (Å²) in [6.45, 7) is 4.79. The van der Waals surface area contributed by atoms with E-state index >= 15 is 0 Å². The summed E-state index contributed by atoms with van der Waals surface area (Å²) in [5, 5.41) is 19.4. The molecule has 5 N–H and O–H groups in total. The van der Waals surface area contributed by atoms with Crippen molar-refractivity contribution in [2.75, 3.05) is 27.2 Å². The molecule has 4 amide bonds. The van der Waals surface area contributed by atoms with Gasteiger partial charge in [0.1, 0.15) is 23.7 Å². The van der Waals surface area contributed by atoms with Gasteiger partial charge < -0.3 is 40.0 Å². The second-order valence-electron chi connectivity index (χ2n) is 16.6. The standard InChI is InChI=1S/C45H48N10O6.C2HF3O2/c1-26(2)39(53(3)45(59)60)43(57)55-21-9-13-37(55)41-47-24-34(50-41)28-16-14-27(15-17-28)33-23-46-32-22-30(18-19-31(32)49-33)35-25-48-40(51-35)36-12-8-20-54(36)42(56)38(52-44(58)61-4)29-10-6-5-7-11-29;3-2(4,5)1(6)7/h5-7,10-11,14-19,22-26,36-39H,8-9,12-13,20-21H2,1-4H3,(H,47,50)(H,48,51)(H,52,58)(H,59,60);(H,6,7)/t36-,37-,38-,39-;/m0./s1. The van der Waals surface area contributed by atoms with Crippen molar-refractivity contribution in [3.63, 3.8) is 0 Å². The molecule has 2 aliphatic rings. The van der Waals surface area contributed by atoms with Crippen molar-refractivity contribution in [3.8, 4) is 33.8 Å². The molecule has 356 valence electrons. The molecule has 8 rings (SSSR count). The fourth-order valence-corrected chi connectivity index (χ4v) is 8.53. The number of aromatic amines is 2. The first-order valence-electron chi connectivity index (χ1n) is 21.7. The number of rotatable bonds is 11. The maximum Gasteiger partial charge on any atom is 0.490 e. The lowest BCUT2D eigenvalue weighted by Crippen LogP contribution is -2.51.